The predicted molar refractivity (Wildman–Crippen MR) is 110 cm³/mol. The van der Waals surface area contributed by atoms with E-state index in [4.69, 9.17) is 11.6 Å². The minimum Gasteiger partial charge on any atom is -0.351 e. The summed E-state index contributed by atoms with van der Waals surface area (Å²) in [6, 6.07) is 8.54. The van der Waals surface area contributed by atoms with E-state index in [0.29, 0.717) is 0 Å². The Labute approximate surface area is 183 Å². The Morgan fingerprint density at radius 2 is 1.71 bits per heavy atom. The molecule has 1 aliphatic rings. The molecule has 1 fully saturated rings. The summed E-state index contributed by atoms with van der Waals surface area (Å²) in [7, 11) is -3.98. The normalized spacial score (nSPS) is 15.0. The van der Waals surface area contributed by atoms with Crippen molar-refractivity contribution < 1.29 is 26.8 Å². The molecular weight excluding hydrogens is 452 g/mol. The number of carbonyl (C=O) groups excluding carboxylic acids is 2. The molecule has 11 heteroatoms. The van der Waals surface area contributed by atoms with Gasteiger partial charge in [0, 0.05) is 39.1 Å². The molecular formula is C20H20ClF2N3O4S. The van der Waals surface area contributed by atoms with Crippen LogP contribution in [0.15, 0.2) is 47.4 Å². The molecule has 1 aliphatic heterocycles. The third-order valence-electron chi connectivity index (χ3n) is 4.85. The summed E-state index contributed by atoms with van der Waals surface area (Å²) in [5, 5.41) is 2.52. The molecule has 2 amide bonds. The summed E-state index contributed by atoms with van der Waals surface area (Å²) in [4.78, 5) is 25.6. The van der Waals surface area contributed by atoms with Crippen molar-refractivity contribution in [2.24, 2.45) is 0 Å². The van der Waals surface area contributed by atoms with E-state index in [1.165, 1.54) is 29.2 Å². The molecule has 2 aromatic carbocycles. The first-order valence-corrected chi connectivity index (χ1v) is 11.3. The Morgan fingerprint density at radius 3 is 2.35 bits per heavy atom. The van der Waals surface area contributed by atoms with Crippen molar-refractivity contribution in [3.63, 3.8) is 0 Å². The number of piperazine rings is 1. The van der Waals surface area contributed by atoms with E-state index in [0.717, 1.165) is 22.5 Å². The fourth-order valence-corrected chi connectivity index (χ4v) is 4.92. The second-order valence-electron chi connectivity index (χ2n) is 6.85. The topological polar surface area (TPSA) is 86.8 Å². The van der Waals surface area contributed by atoms with Gasteiger partial charge in [-0.2, -0.15) is 4.31 Å². The van der Waals surface area contributed by atoms with Gasteiger partial charge in [0.05, 0.1) is 10.6 Å². The van der Waals surface area contributed by atoms with Crippen LogP contribution in [0, 0.1) is 11.6 Å². The van der Waals surface area contributed by atoms with Crippen LogP contribution in [-0.2, 0) is 14.8 Å². The molecule has 0 spiro atoms. The molecule has 2 aromatic rings. The number of halogens is 3. The van der Waals surface area contributed by atoms with Crippen molar-refractivity contribution in [1.29, 1.82) is 0 Å². The van der Waals surface area contributed by atoms with Crippen LogP contribution in [-0.4, -0.2) is 62.2 Å². The van der Waals surface area contributed by atoms with Crippen LogP contribution >= 0.6 is 11.6 Å². The number of rotatable bonds is 6. The lowest BCUT2D eigenvalue weighted by molar-refractivity contribution is -0.132. The van der Waals surface area contributed by atoms with Gasteiger partial charge >= 0.3 is 0 Å². The van der Waals surface area contributed by atoms with Gasteiger partial charge in [0.2, 0.25) is 15.9 Å². The van der Waals surface area contributed by atoms with E-state index < -0.39 is 32.5 Å². The summed E-state index contributed by atoms with van der Waals surface area (Å²) < 4.78 is 53.3. The Hall–Kier alpha value is -2.56. The van der Waals surface area contributed by atoms with Crippen molar-refractivity contribution in [1.82, 2.24) is 14.5 Å². The number of hydrogen-bond acceptors (Lipinski definition) is 4. The highest BCUT2D eigenvalue weighted by atomic mass is 35.5. The van der Waals surface area contributed by atoms with Gasteiger partial charge in [0.25, 0.3) is 5.91 Å². The molecule has 1 saturated heterocycles. The van der Waals surface area contributed by atoms with Crippen molar-refractivity contribution in [3.05, 3.63) is 64.7 Å². The lowest BCUT2D eigenvalue weighted by Gasteiger charge is -2.34. The Bertz CT molecular complexity index is 1090. The molecule has 0 saturated carbocycles. The lowest BCUT2D eigenvalue weighted by Crippen LogP contribution is -2.51. The number of sulfonamides is 1. The van der Waals surface area contributed by atoms with E-state index in [9.17, 15) is 26.8 Å². The molecule has 7 nitrogen and oxygen atoms in total. The fraction of sp³-hybridized carbons (Fsp3) is 0.300. The molecule has 166 valence electrons. The number of nitrogens with zero attached hydrogens (tertiary/aromatic N) is 2. The number of hydrogen-bond donors (Lipinski definition) is 1. The van der Waals surface area contributed by atoms with Crippen molar-refractivity contribution in [2.45, 2.75) is 11.3 Å². The number of amides is 2. The smallest absolute Gasteiger partial charge is 0.252 e. The fourth-order valence-electron chi connectivity index (χ4n) is 3.18. The second-order valence-corrected chi connectivity index (χ2v) is 9.16. The molecule has 1 heterocycles. The third kappa shape index (κ3) is 5.38. The molecule has 0 aromatic heterocycles. The van der Waals surface area contributed by atoms with Crippen LogP contribution in [0.4, 0.5) is 8.78 Å². The molecule has 0 aliphatic carbocycles. The average molecular weight is 472 g/mol. The Kier molecular flexibility index (Phi) is 7.24. The van der Waals surface area contributed by atoms with Crippen molar-refractivity contribution in [3.8, 4) is 0 Å². The average Bonchev–Trinajstić information content (AvgIpc) is 2.73. The predicted octanol–water partition coefficient (Wildman–Crippen LogP) is 2.27. The molecule has 0 radical (unpaired) electrons. The maximum Gasteiger partial charge on any atom is 0.252 e. The molecule has 0 unspecified atom stereocenters. The van der Waals surface area contributed by atoms with Gasteiger partial charge in [-0.1, -0.05) is 23.7 Å². The van der Waals surface area contributed by atoms with Crippen LogP contribution in [0.1, 0.15) is 16.8 Å². The van der Waals surface area contributed by atoms with Gasteiger partial charge < -0.3 is 10.2 Å². The first kappa shape index (κ1) is 23.1. The van der Waals surface area contributed by atoms with Crippen molar-refractivity contribution >= 4 is 33.4 Å². The number of carbonyl (C=O) groups is 2. The zero-order valence-corrected chi connectivity index (χ0v) is 17.9. The summed E-state index contributed by atoms with van der Waals surface area (Å²) in [5.41, 5.74) is 0.0995. The molecule has 31 heavy (non-hydrogen) atoms. The highest BCUT2D eigenvalue weighted by molar-refractivity contribution is 7.89. The van der Waals surface area contributed by atoms with Crippen LogP contribution in [0.3, 0.4) is 0 Å². The molecule has 0 bridgehead atoms. The minimum absolute atomic E-state index is 0.00458. The number of benzene rings is 2. The lowest BCUT2D eigenvalue weighted by atomic mass is 10.2. The standard InChI is InChI=1S/C20H20ClF2N3O4S/c21-16-13-14(22)5-6-15(16)20(28)24-8-7-19(27)25-9-11-26(12-10-25)31(29,30)18-4-2-1-3-17(18)23/h1-6,13H,7-12H2,(H,24,28). The summed E-state index contributed by atoms with van der Waals surface area (Å²) in [6.45, 7) is 0.438. The molecule has 0 atom stereocenters. The highest BCUT2D eigenvalue weighted by Crippen LogP contribution is 2.21. The minimum atomic E-state index is -3.98. The summed E-state index contributed by atoms with van der Waals surface area (Å²) in [6.07, 6.45) is 0.00458. The van der Waals surface area contributed by atoms with Gasteiger partial charge in [-0.15, -0.1) is 0 Å². The van der Waals surface area contributed by atoms with Gasteiger partial charge in [-0.3, -0.25) is 9.59 Å². The largest absolute Gasteiger partial charge is 0.351 e. The van der Waals surface area contributed by atoms with Crippen molar-refractivity contribution in [2.75, 3.05) is 32.7 Å². The quantitative estimate of drug-likeness (QED) is 0.700. The van der Waals surface area contributed by atoms with E-state index >= 15 is 0 Å². The van der Waals surface area contributed by atoms with Crippen LogP contribution in [0.25, 0.3) is 0 Å². The van der Waals surface area contributed by atoms with E-state index in [1.54, 1.807) is 0 Å². The van der Waals surface area contributed by atoms with Gasteiger partial charge in [-0.25, -0.2) is 17.2 Å². The van der Waals surface area contributed by atoms with Gasteiger partial charge in [0.1, 0.15) is 16.5 Å². The monoisotopic (exact) mass is 471 g/mol. The van der Waals surface area contributed by atoms with Crippen LogP contribution < -0.4 is 5.32 Å². The van der Waals surface area contributed by atoms with Gasteiger partial charge in [0.15, 0.2) is 0 Å². The molecule has 1 N–H and O–H groups in total. The Morgan fingerprint density at radius 1 is 1.03 bits per heavy atom. The van der Waals surface area contributed by atoms with Crippen LogP contribution in [0.2, 0.25) is 5.02 Å². The molecule has 3 rings (SSSR count). The summed E-state index contributed by atoms with van der Waals surface area (Å²) >= 11 is 5.84. The van der Waals surface area contributed by atoms with E-state index in [-0.39, 0.29) is 55.6 Å². The highest BCUT2D eigenvalue weighted by Gasteiger charge is 2.31. The first-order valence-electron chi connectivity index (χ1n) is 9.46. The summed E-state index contributed by atoms with van der Waals surface area (Å²) in [5.74, 6) is -2.17. The number of nitrogens with one attached hydrogen (secondary N) is 1. The van der Waals surface area contributed by atoms with E-state index in [1.807, 2.05) is 0 Å². The zero-order chi connectivity index (χ0) is 22.6. The maximum absolute atomic E-state index is 13.9. The SMILES string of the molecule is O=C(NCCC(=O)N1CCN(S(=O)(=O)c2ccccc2F)CC1)c1ccc(F)cc1Cl. The van der Waals surface area contributed by atoms with Gasteiger partial charge in [-0.05, 0) is 30.3 Å². The van der Waals surface area contributed by atoms with E-state index in [2.05, 4.69) is 5.32 Å². The first-order chi connectivity index (χ1) is 14.7. The zero-order valence-electron chi connectivity index (χ0n) is 16.4. The third-order valence-corrected chi connectivity index (χ3v) is 7.09. The Balaban J connectivity index is 1.49. The second kappa shape index (κ2) is 9.71. The van der Waals surface area contributed by atoms with Crippen LogP contribution in [0.5, 0.6) is 0 Å². The maximum atomic E-state index is 13.9.